The number of rotatable bonds is 5. The molecule has 1 saturated carbocycles. The summed E-state index contributed by atoms with van der Waals surface area (Å²) in [6, 6.07) is 9.52. The standard InChI is InChI=1S/C17H27NS/c1-3-13-18-15-10-5-4-6-12-17(15)19-16-11-8-7-9-14(16)2/h7-9,11,15,17-18H,3-6,10,12-13H2,1-2H3. The minimum absolute atomic E-state index is 0.701. The van der Waals surface area contributed by atoms with E-state index in [1.165, 1.54) is 49.0 Å². The maximum absolute atomic E-state index is 3.78. The number of thioether (sulfide) groups is 1. The zero-order valence-electron chi connectivity index (χ0n) is 12.3. The highest BCUT2D eigenvalue weighted by atomic mass is 32.2. The minimum Gasteiger partial charge on any atom is -0.313 e. The summed E-state index contributed by atoms with van der Waals surface area (Å²) in [5.41, 5.74) is 1.42. The van der Waals surface area contributed by atoms with E-state index in [0.29, 0.717) is 6.04 Å². The predicted octanol–water partition coefficient (Wildman–Crippen LogP) is 4.79. The summed E-state index contributed by atoms with van der Waals surface area (Å²) in [6.45, 7) is 5.65. The first-order valence-electron chi connectivity index (χ1n) is 7.77. The van der Waals surface area contributed by atoms with E-state index >= 15 is 0 Å². The van der Waals surface area contributed by atoms with Crippen molar-refractivity contribution in [1.82, 2.24) is 5.32 Å². The Morgan fingerprint density at radius 2 is 1.95 bits per heavy atom. The van der Waals surface area contributed by atoms with Crippen LogP contribution in [-0.2, 0) is 0 Å². The monoisotopic (exact) mass is 277 g/mol. The van der Waals surface area contributed by atoms with Crippen LogP contribution in [0, 0.1) is 6.92 Å². The second kappa shape index (κ2) is 7.96. The van der Waals surface area contributed by atoms with E-state index in [-0.39, 0.29) is 0 Å². The van der Waals surface area contributed by atoms with E-state index in [1.54, 1.807) is 0 Å². The first-order chi connectivity index (χ1) is 9.31. The quantitative estimate of drug-likeness (QED) is 0.777. The van der Waals surface area contributed by atoms with Crippen molar-refractivity contribution in [3.05, 3.63) is 29.8 Å². The number of benzene rings is 1. The molecule has 2 unspecified atom stereocenters. The molecule has 1 N–H and O–H groups in total. The van der Waals surface area contributed by atoms with E-state index in [4.69, 9.17) is 0 Å². The zero-order chi connectivity index (χ0) is 13.5. The van der Waals surface area contributed by atoms with Crippen LogP contribution in [0.25, 0.3) is 0 Å². The SMILES string of the molecule is CCCNC1CCCCCC1Sc1ccccc1C. The molecule has 1 nitrogen and oxygen atoms in total. The summed E-state index contributed by atoms with van der Waals surface area (Å²) < 4.78 is 0. The molecule has 1 aliphatic rings. The third-order valence-corrected chi connectivity index (χ3v) is 5.56. The fourth-order valence-corrected chi connectivity index (χ4v) is 4.25. The molecule has 0 radical (unpaired) electrons. The molecule has 0 aliphatic heterocycles. The van der Waals surface area contributed by atoms with Gasteiger partial charge in [-0.3, -0.25) is 0 Å². The van der Waals surface area contributed by atoms with Crippen molar-refractivity contribution in [3.63, 3.8) is 0 Å². The molecule has 1 aliphatic carbocycles. The molecule has 2 heteroatoms. The Kier molecular flexibility index (Phi) is 6.25. The fourth-order valence-electron chi connectivity index (χ4n) is 2.83. The van der Waals surface area contributed by atoms with Crippen LogP contribution in [0.2, 0.25) is 0 Å². The Bertz CT molecular complexity index is 377. The second-order valence-corrected chi connectivity index (χ2v) is 6.90. The third kappa shape index (κ3) is 4.54. The minimum atomic E-state index is 0.701. The number of hydrogen-bond donors (Lipinski definition) is 1. The smallest absolute Gasteiger partial charge is 0.0248 e. The molecule has 0 saturated heterocycles. The number of aryl methyl sites for hydroxylation is 1. The van der Waals surface area contributed by atoms with Gasteiger partial charge in [-0.05, 0) is 44.4 Å². The number of nitrogens with one attached hydrogen (secondary N) is 1. The lowest BCUT2D eigenvalue weighted by Gasteiger charge is -2.26. The highest BCUT2D eigenvalue weighted by Gasteiger charge is 2.24. The summed E-state index contributed by atoms with van der Waals surface area (Å²) in [7, 11) is 0. The van der Waals surface area contributed by atoms with Crippen LogP contribution in [0.4, 0.5) is 0 Å². The Balaban J connectivity index is 2.03. The van der Waals surface area contributed by atoms with Gasteiger partial charge in [-0.25, -0.2) is 0 Å². The molecule has 0 aromatic heterocycles. The van der Waals surface area contributed by atoms with E-state index in [0.717, 1.165) is 11.8 Å². The van der Waals surface area contributed by atoms with Gasteiger partial charge in [0, 0.05) is 16.2 Å². The van der Waals surface area contributed by atoms with E-state index in [9.17, 15) is 0 Å². The van der Waals surface area contributed by atoms with E-state index in [1.807, 2.05) is 0 Å². The zero-order valence-corrected chi connectivity index (χ0v) is 13.1. The van der Waals surface area contributed by atoms with Gasteiger partial charge < -0.3 is 5.32 Å². The van der Waals surface area contributed by atoms with Crippen molar-refractivity contribution in [2.24, 2.45) is 0 Å². The van der Waals surface area contributed by atoms with Gasteiger partial charge in [0.05, 0.1) is 0 Å². The van der Waals surface area contributed by atoms with Gasteiger partial charge in [0.1, 0.15) is 0 Å². The second-order valence-electron chi connectivity index (χ2n) is 5.62. The van der Waals surface area contributed by atoms with Crippen molar-refractivity contribution in [2.45, 2.75) is 68.6 Å². The lowest BCUT2D eigenvalue weighted by Crippen LogP contribution is -2.37. The van der Waals surface area contributed by atoms with Gasteiger partial charge in [-0.2, -0.15) is 0 Å². The Labute approximate surface area is 122 Å². The topological polar surface area (TPSA) is 12.0 Å². The normalized spacial score (nSPS) is 24.1. The molecule has 19 heavy (non-hydrogen) atoms. The van der Waals surface area contributed by atoms with Crippen LogP contribution in [0.5, 0.6) is 0 Å². The molecule has 1 aromatic carbocycles. The molecule has 2 atom stereocenters. The molecule has 106 valence electrons. The average molecular weight is 277 g/mol. The third-order valence-electron chi connectivity index (χ3n) is 3.98. The lowest BCUT2D eigenvalue weighted by atomic mass is 10.1. The summed E-state index contributed by atoms with van der Waals surface area (Å²) in [6.07, 6.45) is 8.15. The summed E-state index contributed by atoms with van der Waals surface area (Å²) in [4.78, 5) is 1.47. The molecule has 0 heterocycles. The predicted molar refractivity (Wildman–Crippen MR) is 86.0 cm³/mol. The van der Waals surface area contributed by atoms with Crippen molar-refractivity contribution >= 4 is 11.8 Å². The van der Waals surface area contributed by atoms with E-state index in [2.05, 4.69) is 55.2 Å². The van der Waals surface area contributed by atoms with Gasteiger partial charge in [0.15, 0.2) is 0 Å². The highest BCUT2D eigenvalue weighted by molar-refractivity contribution is 8.00. The lowest BCUT2D eigenvalue weighted by molar-refractivity contribution is 0.470. The maximum Gasteiger partial charge on any atom is 0.0248 e. The Morgan fingerprint density at radius 3 is 2.74 bits per heavy atom. The van der Waals surface area contributed by atoms with Gasteiger partial charge in [-0.1, -0.05) is 44.4 Å². The van der Waals surface area contributed by atoms with Crippen molar-refractivity contribution in [3.8, 4) is 0 Å². The highest BCUT2D eigenvalue weighted by Crippen LogP contribution is 2.34. The fraction of sp³-hybridized carbons (Fsp3) is 0.647. The first-order valence-corrected chi connectivity index (χ1v) is 8.65. The molecule has 1 aromatic rings. The summed E-state index contributed by atoms with van der Waals surface area (Å²) >= 11 is 2.10. The van der Waals surface area contributed by atoms with E-state index < -0.39 is 0 Å². The van der Waals surface area contributed by atoms with Gasteiger partial charge in [-0.15, -0.1) is 11.8 Å². The van der Waals surface area contributed by atoms with Gasteiger partial charge in [0.2, 0.25) is 0 Å². The molecule has 0 amide bonds. The van der Waals surface area contributed by atoms with Crippen LogP contribution >= 0.6 is 11.8 Å². The molecule has 1 fully saturated rings. The van der Waals surface area contributed by atoms with Crippen LogP contribution in [0.3, 0.4) is 0 Å². The van der Waals surface area contributed by atoms with Gasteiger partial charge in [0.25, 0.3) is 0 Å². The summed E-state index contributed by atoms with van der Waals surface area (Å²) in [5, 5.41) is 4.53. The molecular weight excluding hydrogens is 250 g/mol. The van der Waals surface area contributed by atoms with Crippen LogP contribution in [0.1, 0.15) is 51.0 Å². The summed E-state index contributed by atoms with van der Waals surface area (Å²) in [5.74, 6) is 0. The van der Waals surface area contributed by atoms with Crippen LogP contribution in [0.15, 0.2) is 29.2 Å². The first kappa shape index (κ1) is 14.9. The van der Waals surface area contributed by atoms with Crippen molar-refractivity contribution in [2.75, 3.05) is 6.54 Å². The largest absolute Gasteiger partial charge is 0.313 e. The van der Waals surface area contributed by atoms with Crippen molar-refractivity contribution < 1.29 is 0 Å². The number of hydrogen-bond acceptors (Lipinski definition) is 2. The molecule has 2 rings (SSSR count). The molecular formula is C17H27NS. The Morgan fingerprint density at radius 1 is 1.16 bits per heavy atom. The average Bonchev–Trinajstić information content (AvgIpc) is 2.64. The maximum atomic E-state index is 3.78. The van der Waals surface area contributed by atoms with Gasteiger partial charge >= 0.3 is 0 Å². The molecule has 0 spiro atoms. The Hall–Kier alpha value is -0.470. The van der Waals surface area contributed by atoms with Crippen LogP contribution in [-0.4, -0.2) is 17.8 Å². The van der Waals surface area contributed by atoms with Crippen molar-refractivity contribution in [1.29, 1.82) is 0 Å². The molecule has 0 bridgehead atoms. The van der Waals surface area contributed by atoms with Crippen LogP contribution < -0.4 is 5.32 Å².